The third kappa shape index (κ3) is 3.97. The van der Waals surface area contributed by atoms with Gasteiger partial charge in [-0.15, -0.1) is 0 Å². The number of nitrogens with one attached hydrogen (secondary N) is 1. The van der Waals surface area contributed by atoms with E-state index in [2.05, 4.69) is 21.2 Å². The molecule has 0 atom stereocenters. The third-order valence-corrected chi connectivity index (χ3v) is 2.39. The first kappa shape index (κ1) is 12.1. The van der Waals surface area contributed by atoms with E-state index >= 15 is 0 Å². The number of hydrogen-bond acceptors (Lipinski definition) is 2. The van der Waals surface area contributed by atoms with Gasteiger partial charge < -0.3 is 10.4 Å². The molecule has 0 aromatic heterocycles. The second kappa shape index (κ2) is 5.82. The topological polar surface area (TPSA) is 49.3 Å². The van der Waals surface area contributed by atoms with Crippen molar-refractivity contribution in [3.63, 3.8) is 0 Å². The van der Waals surface area contributed by atoms with Gasteiger partial charge in [0.05, 0.1) is 17.5 Å². The zero-order valence-electron chi connectivity index (χ0n) is 7.96. The van der Waals surface area contributed by atoms with Crippen molar-refractivity contribution in [1.82, 2.24) is 5.32 Å². The van der Waals surface area contributed by atoms with Crippen LogP contribution in [-0.4, -0.2) is 24.2 Å². The molecule has 1 amide bonds. The molecule has 0 unspecified atom stereocenters. The minimum atomic E-state index is -0.352. The van der Waals surface area contributed by atoms with E-state index in [1.165, 1.54) is 6.07 Å². The van der Waals surface area contributed by atoms with Gasteiger partial charge in [-0.2, -0.15) is 0 Å². The van der Waals surface area contributed by atoms with E-state index in [-0.39, 0.29) is 31.3 Å². The van der Waals surface area contributed by atoms with Crippen LogP contribution < -0.4 is 5.32 Å². The Morgan fingerprint density at radius 2 is 2.27 bits per heavy atom. The minimum absolute atomic E-state index is 0.0845. The van der Waals surface area contributed by atoms with Crippen LogP contribution in [-0.2, 0) is 11.2 Å². The number of aliphatic hydroxyl groups is 1. The standard InChI is InChI=1S/C10H11BrFNO2/c11-8-5-7(1-2-9(8)12)6-10(15)13-3-4-14/h1-2,5,14H,3-4,6H2,(H,13,15). The molecule has 0 fully saturated rings. The summed E-state index contributed by atoms with van der Waals surface area (Å²) in [7, 11) is 0. The SMILES string of the molecule is O=C(Cc1ccc(F)c(Br)c1)NCCO. The van der Waals surface area contributed by atoms with Crippen LogP contribution in [0.15, 0.2) is 22.7 Å². The van der Waals surface area contributed by atoms with Gasteiger partial charge in [0.1, 0.15) is 5.82 Å². The summed E-state index contributed by atoms with van der Waals surface area (Å²) in [5.74, 6) is -0.544. The highest BCUT2D eigenvalue weighted by atomic mass is 79.9. The molecule has 5 heteroatoms. The summed E-state index contributed by atoms with van der Waals surface area (Å²) in [6.07, 6.45) is 0.179. The lowest BCUT2D eigenvalue weighted by Gasteiger charge is -2.04. The summed E-state index contributed by atoms with van der Waals surface area (Å²) in [5, 5.41) is 11.0. The molecule has 1 rings (SSSR count). The average Bonchev–Trinajstić information content (AvgIpc) is 2.20. The van der Waals surface area contributed by atoms with Gasteiger partial charge in [0, 0.05) is 6.54 Å². The molecule has 0 saturated carbocycles. The number of hydrogen-bond donors (Lipinski definition) is 2. The molecule has 0 aliphatic rings. The molecule has 82 valence electrons. The van der Waals surface area contributed by atoms with Crippen molar-refractivity contribution in [1.29, 1.82) is 0 Å². The van der Waals surface area contributed by atoms with Crippen molar-refractivity contribution in [2.45, 2.75) is 6.42 Å². The van der Waals surface area contributed by atoms with E-state index in [1.54, 1.807) is 12.1 Å². The summed E-state index contributed by atoms with van der Waals surface area (Å²) in [6.45, 7) is 0.153. The Hall–Kier alpha value is -0.940. The predicted molar refractivity (Wildman–Crippen MR) is 57.9 cm³/mol. The molecular formula is C10H11BrFNO2. The van der Waals surface area contributed by atoms with Crippen LogP contribution in [0.4, 0.5) is 4.39 Å². The highest BCUT2D eigenvalue weighted by Crippen LogP contribution is 2.16. The maximum absolute atomic E-state index is 12.9. The van der Waals surface area contributed by atoms with Crippen molar-refractivity contribution in [2.75, 3.05) is 13.2 Å². The zero-order valence-corrected chi connectivity index (χ0v) is 9.55. The molecule has 0 saturated heterocycles. The molecule has 2 N–H and O–H groups in total. The Kier molecular flexibility index (Phi) is 4.71. The average molecular weight is 276 g/mol. The van der Waals surface area contributed by atoms with Crippen LogP contribution in [0.3, 0.4) is 0 Å². The highest BCUT2D eigenvalue weighted by molar-refractivity contribution is 9.10. The summed E-state index contributed by atoms with van der Waals surface area (Å²) < 4.78 is 13.2. The Labute approximate surface area is 95.4 Å². The molecule has 15 heavy (non-hydrogen) atoms. The fourth-order valence-electron chi connectivity index (χ4n) is 1.09. The zero-order chi connectivity index (χ0) is 11.3. The minimum Gasteiger partial charge on any atom is -0.395 e. The van der Waals surface area contributed by atoms with E-state index in [0.717, 1.165) is 5.56 Å². The molecule has 0 aliphatic carbocycles. The molecule has 0 heterocycles. The van der Waals surface area contributed by atoms with Crippen molar-refractivity contribution in [2.24, 2.45) is 0 Å². The Balaban J connectivity index is 2.57. The van der Waals surface area contributed by atoms with Gasteiger partial charge in [0.2, 0.25) is 5.91 Å². The van der Waals surface area contributed by atoms with Crippen LogP contribution in [0.2, 0.25) is 0 Å². The molecule has 0 radical (unpaired) electrons. The second-order valence-corrected chi connectivity index (χ2v) is 3.85. The number of amides is 1. The van der Waals surface area contributed by atoms with E-state index in [1.807, 2.05) is 0 Å². The molecule has 1 aromatic rings. The fraction of sp³-hybridized carbons (Fsp3) is 0.300. The van der Waals surface area contributed by atoms with Crippen LogP contribution in [0.25, 0.3) is 0 Å². The van der Waals surface area contributed by atoms with Crippen LogP contribution in [0.5, 0.6) is 0 Å². The number of benzene rings is 1. The van der Waals surface area contributed by atoms with Gasteiger partial charge in [-0.1, -0.05) is 6.07 Å². The van der Waals surface area contributed by atoms with E-state index < -0.39 is 0 Å². The fourth-order valence-corrected chi connectivity index (χ4v) is 1.52. The molecule has 3 nitrogen and oxygen atoms in total. The summed E-state index contributed by atoms with van der Waals surface area (Å²) in [6, 6.07) is 4.42. The van der Waals surface area contributed by atoms with Crippen molar-refractivity contribution < 1.29 is 14.3 Å². The molecule has 0 aliphatic heterocycles. The lowest BCUT2D eigenvalue weighted by Crippen LogP contribution is -2.27. The van der Waals surface area contributed by atoms with Gasteiger partial charge in [0.25, 0.3) is 0 Å². The van der Waals surface area contributed by atoms with Gasteiger partial charge in [-0.05, 0) is 33.6 Å². The molecule has 0 spiro atoms. The van der Waals surface area contributed by atoms with Crippen molar-refractivity contribution >= 4 is 21.8 Å². The lowest BCUT2D eigenvalue weighted by atomic mass is 10.1. The first-order valence-corrected chi connectivity index (χ1v) is 5.24. The Bertz CT molecular complexity index is 357. The Morgan fingerprint density at radius 3 is 2.87 bits per heavy atom. The summed E-state index contributed by atoms with van der Waals surface area (Å²) >= 11 is 3.04. The highest BCUT2D eigenvalue weighted by Gasteiger charge is 2.05. The van der Waals surface area contributed by atoms with E-state index in [4.69, 9.17) is 5.11 Å². The molecular weight excluding hydrogens is 265 g/mol. The first-order chi connectivity index (χ1) is 7.13. The number of aliphatic hydroxyl groups excluding tert-OH is 1. The first-order valence-electron chi connectivity index (χ1n) is 4.45. The van der Waals surface area contributed by atoms with Gasteiger partial charge in [-0.3, -0.25) is 4.79 Å². The molecule has 0 bridgehead atoms. The maximum atomic E-state index is 12.9. The Morgan fingerprint density at radius 1 is 1.53 bits per heavy atom. The largest absolute Gasteiger partial charge is 0.395 e. The summed E-state index contributed by atoms with van der Waals surface area (Å²) in [4.78, 5) is 11.2. The number of halogens is 2. The molecule has 1 aromatic carbocycles. The van der Waals surface area contributed by atoms with Crippen LogP contribution in [0, 0.1) is 5.82 Å². The number of carbonyl (C=O) groups excluding carboxylic acids is 1. The van der Waals surface area contributed by atoms with Crippen molar-refractivity contribution in [3.8, 4) is 0 Å². The lowest BCUT2D eigenvalue weighted by molar-refractivity contribution is -0.120. The van der Waals surface area contributed by atoms with Gasteiger partial charge in [-0.25, -0.2) is 4.39 Å². The second-order valence-electron chi connectivity index (χ2n) is 3.00. The van der Waals surface area contributed by atoms with Crippen LogP contribution >= 0.6 is 15.9 Å². The maximum Gasteiger partial charge on any atom is 0.224 e. The van der Waals surface area contributed by atoms with E-state index in [0.29, 0.717) is 4.47 Å². The van der Waals surface area contributed by atoms with Crippen molar-refractivity contribution in [3.05, 3.63) is 34.1 Å². The number of carbonyl (C=O) groups is 1. The quantitative estimate of drug-likeness (QED) is 0.869. The number of rotatable bonds is 4. The monoisotopic (exact) mass is 275 g/mol. The van der Waals surface area contributed by atoms with Gasteiger partial charge >= 0.3 is 0 Å². The smallest absolute Gasteiger partial charge is 0.224 e. The van der Waals surface area contributed by atoms with Gasteiger partial charge in [0.15, 0.2) is 0 Å². The third-order valence-electron chi connectivity index (χ3n) is 1.78. The predicted octanol–water partition coefficient (Wildman–Crippen LogP) is 1.24. The normalized spacial score (nSPS) is 10.1. The summed E-state index contributed by atoms with van der Waals surface area (Å²) in [5.41, 5.74) is 0.721. The van der Waals surface area contributed by atoms with E-state index in [9.17, 15) is 9.18 Å². The van der Waals surface area contributed by atoms with Crippen LogP contribution in [0.1, 0.15) is 5.56 Å².